The zero-order valence-corrected chi connectivity index (χ0v) is 8.39. The van der Waals surface area contributed by atoms with Gasteiger partial charge in [0, 0.05) is 6.54 Å². The van der Waals surface area contributed by atoms with Crippen molar-refractivity contribution in [2.75, 3.05) is 19.6 Å². The van der Waals surface area contributed by atoms with Crippen molar-refractivity contribution in [3.8, 4) is 0 Å². The second-order valence-electron chi connectivity index (χ2n) is 3.91. The molecule has 1 heterocycles. The lowest BCUT2D eigenvalue weighted by Gasteiger charge is -2.31. The summed E-state index contributed by atoms with van der Waals surface area (Å²) in [6.07, 6.45) is 1.88. The molecule has 1 N–H and O–H groups in total. The van der Waals surface area contributed by atoms with E-state index in [-0.39, 0.29) is 6.10 Å². The molecule has 1 saturated heterocycles. The Hall–Kier alpha value is -0.860. The van der Waals surface area contributed by atoms with Crippen molar-refractivity contribution in [3.63, 3.8) is 0 Å². The van der Waals surface area contributed by atoms with E-state index in [1.165, 1.54) is 19.5 Å². The number of hydrogen-bond donors (Lipinski definition) is 1. The van der Waals surface area contributed by atoms with Gasteiger partial charge in [-0.05, 0) is 31.5 Å². The van der Waals surface area contributed by atoms with Crippen LogP contribution in [0.25, 0.3) is 0 Å². The van der Waals surface area contributed by atoms with Crippen molar-refractivity contribution < 1.29 is 5.11 Å². The van der Waals surface area contributed by atoms with Crippen LogP contribution in [-0.2, 0) is 0 Å². The number of nitrogens with zero attached hydrogens (tertiary/aromatic N) is 1. The molecule has 1 atom stereocenters. The van der Waals surface area contributed by atoms with Gasteiger partial charge in [-0.2, -0.15) is 0 Å². The Labute approximate surface area is 85.2 Å². The zero-order valence-electron chi connectivity index (χ0n) is 8.39. The van der Waals surface area contributed by atoms with Crippen LogP contribution in [0.5, 0.6) is 0 Å². The number of benzene rings is 1. The maximum absolute atomic E-state index is 9.86. The number of aliphatic hydroxyl groups is 1. The van der Waals surface area contributed by atoms with Crippen LogP contribution in [0.15, 0.2) is 30.3 Å². The largest absolute Gasteiger partial charge is 0.388 e. The summed E-state index contributed by atoms with van der Waals surface area (Å²) in [6, 6.07) is 9.90. The molecular weight excluding hydrogens is 174 g/mol. The van der Waals surface area contributed by atoms with E-state index >= 15 is 0 Å². The van der Waals surface area contributed by atoms with Gasteiger partial charge in [0.2, 0.25) is 0 Å². The second-order valence-corrected chi connectivity index (χ2v) is 3.91. The fourth-order valence-electron chi connectivity index (χ4n) is 1.75. The smallest absolute Gasteiger partial charge is 0.0802 e. The van der Waals surface area contributed by atoms with Crippen molar-refractivity contribution in [2.45, 2.75) is 18.9 Å². The minimum Gasteiger partial charge on any atom is -0.388 e. The van der Waals surface area contributed by atoms with Gasteiger partial charge in [0.05, 0.1) is 6.10 Å². The Morgan fingerprint density at radius 2 is 1.93 bits per heavy atom. The standard InChI is InChI=1S/C12H17NO/c14-12(7-10-13-8-4-9-13)11-5-2-1-3-6-11/h1-3,5-6,12,14H,4,7-10H2/t12-/m0/s1. The monoisotopic (exact) mass is 191 g/mol. The topological polar surface area (TPSA) is 23.5 Å². The molecule has 0 aliphatic carbocycles. The first-order chi connectivity index (χ1) is 6.86. The molecule has 0 unspecified atom stereocenters. The van der Waals surface area contributed by atoms with Gasteiger partial charge in [-0.25, -0.2) is 0 Å². The number of rotatable bonds is 4. The van der Waals surface area contributed by atoms with Gasteiger partial charge in [0.25, 0.3) is 0 Å². The number of aliphatic hydroxyl groups excluding tert-OH is 1. The van der Waals surface area contributed by atoms with Crippen LogP contribution in [0.4, 0.5) is 0 Å². The SMILES string of the molecule is O[C@@H](CCN1CCC1)c1ccccc1. The van der Waals surface area contributed by atoms with Crippen LogP contribution in [0, 0.1) is 0 Å². The van der Waals surface area contributed by atoms with Crippen molar-refractivity contribution in [2.24, 2.45) is 0 Å². The maximum Gasteiger partial charge on any atom is 0.0802 e. The summed E-state index contributed by atoms with van der Waals surface area (Å²) in [5, 5.41) is 9.86. The lowest BCUT2D eigenvalue weighted by molar-refractivity contribution is 0.116. The first-order valence-corrected chi connectivity index (χ1v) is 5.31. The highest BCUT2D eigenvalue weighted by molar-refractivity contribution is 5.17. The van der Waals surface area contributed by atoms with Crippen molar-refractivity contribution in [1.29, 1.82) is 0 Å². The van der Waals surface area contributed by atoms with Gasteiger partial charge in [0.1, 0.15) is 0 Å². The molecule has 2 rings (SSSR count). The Balaban J connectivity index is 1.80. The summed E-state index contributed by atoms with van der Waals surface area (Å²) in [7, 11) is 0. The van der Waals surface area contributed by atoms with E-state index in [1.54, 1.807) is 0 Å². The Bertz CT molecular complexity index is 269. The highest BCUT2D eigenvalue weighted by Crippen LogP contribution is 2.17. The van der Waals surface area contributed by atoms with Gasteiger partial charge in [-0.15, -0.1) is 0 Å². The predicted octanol–water partition coefficient (Wildman–Crippen LogP) is 1.82. The molecule has 14 heavy (non-hydrogen) atoms. The molecule has 1 aromatic rings. The molecule has 1 aliphatic heterocycles. The van der Waals surface area contributed by atoms with E-state index in [1.807, 2.05) is 30.3 Å². The molecule has 2 nitrogen and oxygen atoms in total. The summed E-state index contributed by atoms with van der Waals surface area (Å²) in [4.78, 5) is 2.38. The number of hydrogen-bond acceptors (Lipinski definition) is 2. The average Bonchev–Trinajstić information content (AvgIpc) is 2.16. The fourth-order valence-corrected chi connectivity index (χ4v) is 1.75. The van der Waals surface area contributed by atoms with Crippen molar-refractivity contribution in [3.05, 3.63) is 35.9 Å². The summed E-state index contributed by atoms with van der Waals surface area (Å²) in [5.74, 6) is 0. The lowest BCUT2D eigenvalue weighted by Crippen LogP contribution is -2.38. The molecule has 0 bridgehead atoms. The molecular formula is C12H17NO. The van der Waals surface area contributed by atoms with Gasteiger partial charge in [-0.3, -0.25) is 0 Å². The highest BCUT2D eigenvalue weighted by Gasteiger charge is 2.15. The molecule has 1 aromatic carbocycles. The molecule has 0 saturated carbocycles. The van der Waals surface area contributed by atoms with E-state index < -0.39 is 0 Å². The summed E-state index contributed by atoms with van der Waals surface area (Å²) in [6.45, 7) is 3.44. The van der Waals surface area contributed by atoms with Crippen LogP contribution >= 0.6 is 0 Å². The van der Waals surface area contributed by atoms with E-state index in [2.05, 4.69) is 4.90 Å². The molecule has 0 spiro atoms. The summed E-state index contributed by atoms with van der Waals surface area (Å²) < 4.78 is 0. The molecule has 0 amide bonds. The van der Waals surface area contributed by atoms with Crippen molar-refractivity contribution in [1.82, 2.24) is 4.90 Å². The van der Waals surface area contributed by atoms with Crippen molar-refractivity contribution >= 4 is 0 Å². The third-order valence-corrected chi connectivity index (χ3v) is 2.85. The van der Waals surface area contributed by atoms with E-state index in [0.717, 1.165) is 18.5 Å². The zero-order chi connectivity index (χ0) is 9.80. The third kappa shape index (κ3) is 2.34. The summed E-state index contributed by atoms with van der Waals surface area (Å²) >= 11 is 0. The molecule has 2 heteroatoms. The van der Waals surface area contributed by atoms with Crippen LogP contribution in [0.1, 0.15) is 24.5 Å². The Morgan fingerprint density at radius 3 is 2.50 bits per heavy atom. The fraction of sp³-hybridized carbons (Fsp3) is 0.500. The van der Waals surface area contributed by atoms with Crippen LogP contribution in [0.2, 0.25) is 0 Å². The van der Waals surface area contributed by atoms with Crippen LogP contribution in [-0.4, -0.2) is 29.6 Å². The molecule has 76 valence electrons. The van der Waals surface area contributed by atoms with Crippen LogP contribution in [0.3, 0.4) is 0 Å². The van der Waals surface area contributed by atoms with E-state index in [4.69, 9.17) is 0 Å². The quantitative estimate of drug-likeness (QED) is 0.784. The minimum atomic E-state index is -0.295. The van der Waals surface area contributed by atoms with Gasteiger partial charge < -0.3 is 10.0 Å². The molecule has 1 aliphatic rings. The lowest BCUT2D eigenvalue weighted by atomic mass is 10.1. The van der Waals surface area contributed by atoms with E-state index in [0.29, 0.717) is 0 Å². The first-order valence-electron chi connectivity index (χ1n) is 5.31. The highest BCUT2D eigenvalue weighted by atomic mass is 16.3. The predicted molar refractivity (Wildman–Crippen MR) is 57.1 cm³/mol. The third-order valence-electron chi connectivity index (χ3n) is 2.85. The van der Waals surface area contributed by atoms with Gasteiger partial charge in [0.15, 0.2) is 0 Å². The molecule has 0 radical (unpaired) electrons. The normalized spacial score (nSPS) is 18.9. The molecule has 0 aromatic heterocycles. The van der Waals surface area contributed by atoms with E-state index in [9.17, 15) is 5.11 Å². The Morgan fingerprint density at radius 1 is 1.21 bits per heavy atom. The molecule has 1 fully saturated rings. The minimum absolute atomic E-state index is 0.295. The van der Waals surface area contributed by atoms with Gasteiger partial charge >= 0.3 is 0 Å². The number of likely N-dealkylation sites (tertiary alicyclic amines) is 1. The van der Waals surface area contributed by atoms with Gasteiger partial charge in [-0.1, -0.05) is 30.3 Å². The van der Waals surface area contributed by atoms with Crippen LogP contribution < -0.4 is 0 Å². The second kappa shape index (κ2) is 4.58. The maximum atomic E-state index is 9.86. The summed E-state index contributed by atoms with van der Waals surface area (Å²) in [5.41, 5.74) is 1.04. The Kier molecular flexibility index (Phi) is 3.17. The average molecular weight is 191 g/mol. The first kappa shape index (κ1) is 9.69.